The minimum absolute atomic E-state index is 0.584. The van der Waals surface area contributed by atoms with Crippen LogP contribution in [0.4, 0.5) is 0 Å². The van der Waals surface area contributed by atoms with Gasteiger partial charge in [-0.15, -0.1) is 11.3 Å². The van der Waals surface area contributed by atoms with Gasteiger partial charge in [0.25, 0.3) is 0 Å². The summed E-state index contributed by atoms with van der Waals surface area (Å²) in [6, 6.07) is 9.85. The molecular formula is C13H9BrO2S. The lowest BCUT2D eigenvalue weighted by atomic mass is 10.0. The minimum Gasteiger partial charge on any atom is -0.457 e. The predicted octanol–water partition coefficient (Wildman–Crippen LogP) is 4.34. The van der Waals surface area contributed by atoms with E-state index in [0.29, 0.717) is 4.67 Å². The second-order valence-electron chi connectivity index (χ2n) is 3.74. The van der Waals surface area contributed by atoms with Gasteiger partial charge in [-0.2, -0.15) is 0 Å². The van der Waals surface area contributed by atoms with Gasteiger partial charge in [-0.3, -0.25) is 0 Å². The first-order valence-electron chi connectivity index (χ1n) is 5.14. The van der Waals surface area contributed by atoms with Crippen LogP contribution < -0.4 is 0 Å². The summed E-state index contributed by atoms with van der Waals surface area (Å²) in [5.41, 5.74) is 1.68. The smallest absolute Gasteiger partial charge is 0.175 e. The summed E-state index contributed by atoms with van der Waals surface area (Å²) in [6.07, 6.45) is 0.913. The van der Waals surface area contributed by atoms with Gasteiger partial charge in [0.15, 0.2) is 4.67 Å². The molecule has 3 aromatic rings. The fourth-order valence-electron chi connectivity index (χ4n) is 1.88. The van der Waals surface area contributed by atoms with Crippen LogP contribution in [0.1, 0.15) is 17.2 Å². The molecule has 0 bridgehead atoms. The molecule has 1 unspecified atom stereocenters. The standard InChI is InChI=1S/C13H9BrO2S/c14-13-9(5-6-16-13)12(15)10-7-17-11-4-2-1-3-8(10)11/h1-7,12,15H. The molecular weight excluding hydrogens is 300 g/mol. The Kier molecular flexibility index (Phi) is 2.78. The van der Waals surface area contributed by atoms with E-state index in [9.17, 15) is 5.11 Å². The number of halogens is 1. The zero-order valence-electron chi connectivity index (χ0n) is 8.76. The third-order valence-electron chi connectivity index (χ3n) is 2.75. The molecule has 0 aliphatic carbocycles. The lowest BCUT2D eigenvalue weighted by molar-refractivity contribution is 0.220. The van der Waals surface area contributed by atoms with E-state index >= 15 is 0 Å². The van der Waals surface area contributed by atoms with E-state index in [0.717, 1.165) is 16.5 Å². The van der Waals surface area contributed by atoms with Crippen LogP contribution >= 0.6 is 27.3 Å². The van der Waals surface area contributed by atoms with Crippen LogP contribution in [0.15, 0.2) is 51.1 Å². The van der Waals surface area contributed by atoms with Gasteiger partial charge in [0.05, 0.1) is 6.26 Å². The van der Waals surface area contributed by atoms with Crippen molar-refractivity contribution in [3.63, 3.8) is 0 Å². The van der Waals surface area contributed by atoms with Crippen molar-refractivity contribution in [1.82, 2.24) is 0 Å². The highest BCUT2D eigenvalue weighted by atomic mass is 79.9. The maximum Gasteiger partial charge on any atom is 0.175 e. The van der Waals surface area contributed by atoms with Crippen LogP contribution in [0.3, 0.4) is 0 Å². The van der Waals surface area contributed by atoms with Gasteiger partial charge in [-0.05, 0) is 38.8 Å². The summed E-state index contributed by atoms with van der Waals surface area (Å²) in [6.45, 7) is 0. The van der Waals surface area contributed by atoms with Gasteiger partial charge in [-0.25, -0.2) is 0 Å². The highest BCUT2D eigenvalue weighted by Crippen LogP contribution is 2.36. The number of fused-ring (bicyclic) bond motifs is 1. The molecule has 2 nitrogen and oxygen atoms in total. The van der Waals surface area contributed by atoms with Crippen LogP contribution in [0.5, 0.6) is 0 Å². The molecule has 0 fully saturated rings. The molecule has 1 aromatic carbocycles. The Morgan fingerprint density at radius 3 is 2.76 bits per heavy atom. The molecule has 0 spiro atoms. The largest absolute Gasteiger partial charge is 0.457 e. The highest BCUT2D eigenvalue weighted by Gasteiger charge is 2.18. The zero-order valence-corrected chi connectivity index (χ0v) is 11.2. The summed E-state index contributed by atoms with van der Waals surface area (Å²) >= 11 is 4.93. The maximum absolute atomic E-state index is 10.4. The van der Waals surface area contributed by atoms with E-state index in [-0.39, 0.29) is 0 Å². The molecule has 0 saturated heterocycles. The minimum atomic E-state index is -0.653. The Balaban J connectivity index is 2.13. The number of aliphatic hydroxyl groups excluding tert-OH is 1. The highest BCUT2D eigenvalue weighted by molar-refractivity contribution is 9.10. The van der Waals surface area contributed by atoms with E-state index in [1.54, 1.807) is 23.7 Å². The Morgan fingerprint density at radius 1 is 1.18 bits per heavy atom. The summed E-state index contributed by atoms with van der Waals surface area (Å²) in [7, 11) is 0. The monoisotopic (exact) mass is 308 g/mol. The second-order valence-corrected chi connectivity index (χ2v) is 5.37. The van der Waals surface area contributed by atoms with Crippen molar-refractivity contribution in [2.24, 2.45) is 0 Å². The summed E-state index contributed by atoms with van der Waals surface area (Å²) in [5, 5.41) is 13.5. The number of hydrogen-bond acceptors (Lipinski definition) is 3. The average molecular weight is 309 g/mol. The molecule has 2 aromatic heterocycles. The number of rotatable bonds is 2. The number of hydrogen-bond donors (Lipinski definition) is 1. The summed E-state index contributed by atoms with van der Waals surface area (Å²) in [4.78, 5) is 0. The SMILES string of the molecule is OC(c1ccoc1Br)c1csc2ccccc12. The molecule has 0 amide bonds. The lowest BCUT2D eigenvalue weighted by Crippen LogP contribution is -1.97. The predicted molar refractivity (Wildman–Crippen MR) is 72.3 cm³/mol. The molecule has 1 atom stereocenters. The van der Waals surface area contributed by atoms with Crippen LogP contribution in [-0.4, -0.2) is 5.11 Å². The fraction of sp³-hybridized carbons (Fsp3) is 0.0769. The number of furan rings is 1. The van der Waals surface area contributed by atoms with Crippen LogP contribution in [0, 0.1) is 0 Å². The molecule has 3 rings (SSSR count). The number of aliphatic hydroxyl groups is 1. The molecule has 0 radical (unpaired) electrons. The van der Waals surface area contributed by atoms with Gasteiger partial charge in [-0.1, -0.05) is 18.2 Å². The molecule has 4 heteroatoms. The molecule has 0 saturated carbocycles. The molecule has 1 N–H and O–H groups in total. The van der Waals surface area contributed by atoms with Gasteiger partial charge in [0.1, 0.15) is 6.10 Å². The molecule has 0 aliphatic heterocycles. The van der Waals surface area contributed by atoms with E-state index in [4.69, 9.17) is 4.42 Å². The topological polar surface area (TPSA) is 33.4 Å². The van der Waals surface area contributed by atoms with E-state index in [1.165, 1.54) is 4.70 Å². The van der Waals surface area contributed by atoms with E-state index in [2.05, 4.69) is 22.0 Å². The van der Waals surface area contributed by atoms with Crippen LogP contribution in [0.25, 0.3) is 10.1 Å². The van der Waals surface area contributed by atoms with Crippen molar-refractivity contribution in [1.29, 1.82) is 0 Å². The quantitative estimate of drug-likeness (QED) is 0.764. The van der Waals surface area contributed by atoms with Crippen molar-refractivity contribution in [2.75, 3.05) is 0 Å². The van der Waals surface area contributed by atoms with Crippen LogP contribution in [0.2, 0.25) is 0 Å². The van der Waals surface area contributed by atoms with Crippen molar-refractivity contribution in [3.8, 4) is 0 Å². The number of benzene rings is 1. The summed E-state index contributed by atoms with van der Waals surface area (Å²) in [5.74, 6) is 0. The fourth-order valence-corrected chi connectivity index (χ4v) is 3.31. The zero-order chi connectivity index (χ0) is 11.8. The Labute approximate surface area is 111 Å². The van der Waals surface area contributed by atoms with Crippen molar-refractivity contribution in [2.45, 2.75) is 6.10 Å². The lowest BCUT2D eigenvalue weighted by Gasteiger charge is -2.08. The van der Waals surface area contributed by atoms with Crippen molar-refractivity contribution < 1.29 is 9.52 Å². The Morgan fingerprint density at radius 2 is 2.00 bits per heavy atom. The van der Waals surface area contributed by atoms with Gasteiger partial charge in [0.2, 0.25) is 0 Å². The van der Waals surface area contributed by atoms with E-state index < -0.39 is 6.10 Å². The van der Waals surface area contributed by atoms with Crippen molar-refractivity contribution in [3.05, 3.63) is 57.8 Å². The van der Waals surface area contributed by atoms with Crippen LogP contribution in [-0.2, 0) is 0 Å². The Bertz CT molecular complexity index is 656. The van der Waals surface area contributed by atoms with Gasteiger partial charge < -0.3 is 9.52 Å². The second kappa shape index (κ2) is 4.29. The van der Waals surface area contributed by atoms with Crippen molar-refractivity contribution >= 4 is 37.4 Å². The normalized spacial score (nSPS) is 13.1. The first-order chi connectivity index (χ1) is 8.27. The Hall–Kier alpha value is -1.10. The first kappa shape index (κ1) is 11.0. The number of thiophene rings is 1. The summed E-state index contributed by atoms with van der Waals surface area (Å²) < 4.78 is 6.92. The van der Waals surface area contributed by atoms with Gasteiger partial charge in [0, 0.05) is 15.8 Å². The molecule has 0 aliphatic rings. The molecule has 17 heavy (non-hydrogen) atoms. The maximum atomic E-state index is 10.4. The third kappa shape index (κ3) is 1.82. The average Bonchev–Trinajstić information content (AvgIpc) is 2.94. The van der Waals surface area contributed by atoms with Gasteiger partial charge >= 0.3 is 0 Å². The van der Waals surface area contributed by atoms with E-state index in [1.807, 2.05) is 23.6 Å². The molecule has 2 heterocycles. The first-order valence-corrected chi connectivity index (χ1v) is 6.81. The third-order valence-corrected chi connectivity index (χ3v) is 4.37. The molecule has 86 valence electrons.